The molecule has 3 aromatic rings. The Morgan fingerprint density at radius 1 is 1.06 bits per heavy atom. The summed E-state index contributed by atoms with van der Waals surface area (Å²) in [5.41, 5.74) is 0.544. The Balaban J connectivity index is 1.32. The van der Waals surface area contributed by atoms with Crippen molar-refractivity contribution in [2.45, 2.75) is 83.6 Å². The molecule has 0 unspecified atom stereocenters. The molecule has 2 fully saturated rings. The van der Waals surface area contributed by atoms with E-state index in [2.05, 4.69) is 15.3 Å². The lowest BCUT2D eigenvalue weighted by Gasteiger charge is -2.23. The van der Waals surface area contributed by atoms with Crippen LogP contribution in [0.3, 0.4) is 0 Å². The van der Waals surface area contributed by atoms with Crippen molar-refractivity contribution in [2.75, 3.05) is 6.61 Å². The van der Waals surface area contributed by atoms with Crippen molar-refractivity contribution in [1.29, 1.82) is 0 Å². The van der Waals surface area contributed by atoms with Crippen LogP contribution in [0.4, 0.5) is 0 Å². The van der Waals surface area contributed by atoms with Crippen LogP contribution in [0.15, 0.2) is 15.8 Å². The second-order valence-electron chi connectivity index (χ2n) is 10.2. The molecule has 188 valence electrons. The van der Waals surface area contributed by atoms with Gasteiger partial charge in [-0.3, -0.25) is 13.9 Å². The summed E-state index contributed by atoms with van der Waals surface area (Å²) in [5.74, 6) is -0.936. The third-order valence-corrected chi connectivity index (χ3v) is 6.74. The Morgan fingerprint density at radius 2 is 1.83 bits per heavy atom. The van der Waals surface area contributed by atoms with E-state index >= 15 is 0 Å². The van der Waals surface area contributed by atoms with Gasteiger partial charge in [-0.25, -0.2) is 14.5 Å². The van der Waals surface area contributed by atoms with Crippen LogP contribution in [-0.4, -0.2) is 70.2 Å². The molecule has 0 radical (unpaired) electrons. The summed E-state index contributed by atoms with van der Waals surface area (Å²) in [5, 5.41) is 8.61. The molecular formula is C22H29N7O6. The van der Waals surface area contributed by atoms with Gasteiger partial charge < -0.3 is 23.5 Å². The van der Waals surface area contributed by atoms with Crippen LogP contribution < -0.4 is 11.2 Å². The summed E-state index contributed by atoms with van der Waals surface area (Å²) in [7, 11) is 1.47. The van der Waals surface area contributed by atoms with Crippen molar-refractivity contribution in [3.63, 3.8) is 0 Å². The van der Waals surface area contributed by atoms with E-state index in [9.17, 15) is 9.59 Å². The Labute approximate surface area is 200 Å². The van der Waals surface area contributed by atoms with E-state index in [0.717, 1.165) is 11.0 Å². The fourth-order valence-corrected chi connectivity index (χ4v) is 5.25. The Hall–Kier alpha value is -2.87. The van der Waals surface area contributed by atoms with Gasteiger partial charge in [-0.15, -0.1) is 5.10 Å². The zero-order valence-corrected chi connectivity index (χ0v) is 20.4. The number of hydrogen-bond acceptors (Lipinski definition) is 9. The van der Waals surface area contributed by atoms with Gasteiger partial charge in [0.05, 0.1) is 19.3 Å². The largest absolute Gasteiger partial charge is 0.348 e. The Bertz CT molecular complexity index is 1430. The van der Waals surface area contributed by atoms with E-state index < -0.39 is 17.1 Å². The second kappa shape index (κ2) is 7.56. The summed E-state index contributed by atoms with van der Waals surface area (Å²) < 4.78 is 30.4. The van der Waals surface area contributed by atoms with Crippen LogP contribution in [0.2, 0.25) is 0 Å². The molecule has 3 atom stereocenters. The van der Waals surface area contributed by atoms with Gasteiger partial charge in [0, 0.05) is 20.1 Å². The number of imidazole rings is 1. The van der Waals surface area contributed by atoms with E-state index in [-0.39, 0.29) is 29.5 Å². The lowest BCUT2D eigenvalue weighted by molar-refractivity contribution is -0.174. The standard InChI is InChI=1S/C22H29N7O6/c1-21(2)32-11-14(34-21)16-13(33-22(3,4)35-16)10-27-9-12(24-25-27)17-23-15-18-28(17)7-6-8-29(18)20(31)26(5)19(15)30/h9,13-14,16H,6-8,10-11H2,1-5H3/t13-,14-,16+/m1/s1. The highest BCUT2D eigenvalue weighted by Gasteiger charge is 2.49. The summed E-state index contributed by atoms with van der Waals surface area (Å²) in [4.78, 5) is 29.9. The molecule has 6 heterocycles. The van der Waals surface area contributed by atoms with Crippen molar-refractivity contribution in [2.24, 2.45) is 7.05 Å². The first-order valence-corrected chi connectivity index (χ1v) is 11.8. The highest BCUT2D eigenvalue weighted by atomic mass is 16.8. The SMILES string of the molecule is Cn1c(=O)c2nc(-c3cn(C[C@H]4OC(C)(C)O[C@@H]4[C@H]4COC(C)(C)O4)nn3)n3c2n(c1=O)CCC3. The van der Waals surface area contributed by atoms with E-state index in [1.165, 1.54) is 7.05 Å². The average molecular weight is 488 g/mol. The lowest BCUT2D eigenvalue weighted by atomic mass is 10.1. The lowest BCUT2D eigenvalue weighted by Crippen LogP contribution is -2.40. The molecule has 0 bridgehead atoms. The summed E-state index contributed by atoms with van der Waals surface area (Å²) in [6.07, 6.45) is 1.58. The third kappa shape index (κ3) is 3.64. The van der Waals surface area contributed by atoms with E-state index in [0.29, 0.717) is 43.4 Å². The number of aryl methyl sites for hydroxylation is 2. The van der Waals surface area contributed by atoms with Gasteiger partial charge in [0.1, 0.15) is 24.0 Å². The smallest absolute Gasteiger partial charge is 0.332 e. The van der Waals surface area contributed by atoms with E-state index in [1.807, 2.05) is 32.3 Å². The maximum absolute atomic E-state index is 12.7. The third-order valence-electron chi connectivity index (χ3n) is 6.74. The number of hydrogen-bond donors (Lipinski definition) is 0. The molecular weight excluding hydrogens is 458 g/mol. The minimum absolute atomic E-state index is 0.256. The van der Waals surface area contributed by atoms with Crippen molar-refractivity contribution < 1.29 is 18.9 Å². The molecule has 3 aliphatic heterocycles. The first-order valence-electron chi connectivity index (χ1n) is 11.8. The fraction of sp³-hybridized carbons (Fsp3) is 0.682. The molecule has 13 nitrogen and oxygen atoms in total. The first-order chi connectivity index (χ1) is 16.5. The quantitative estimate of drug-likeness (QED) is 0.508. The maximum Gasteiger partial charge on any atom is 0.332 e. The average Bonchev–Trinajstić information content (AvgIpc) is 3.55. The molecule has 2 saturated heterocycles. The molecule has 0 N–H and O–H groups in total. The zero-order chi connectivity index (χ0) is 24.7. The molecule has 3 aromatic heterocycles. The minimum atomic E-state index is -0.774. The Kier molecular flexibility index (Phi) is 4.88. The van der Waals surface area contributed by atoms with Crippen LogP contribution in [0.5, 0.6) is 0 Å². The predicted octanol–water partition coefficient (Wildman–Crippen LogP) is 0.231. The van der Waals surface area contributed by atoms with Gasteiger partial charge in [-0.05, 0) is 34.1 Å². The molecule has 0 spiro atoms. The van der Waals surface area contributed by atoms with Gasteiger partial charge in [0.2, 0.25) is 0 Å². The first kappa shape index (κ1) is 22.6. The molecule has 0 amide bonds. The molecule has 35 heavy (non-hydrogen) atoms. The Morgan fingerprint density at radius 3 is 2.57 bits per heavy atom. The molecule has 0 aliphatic carbocycles. The van der Waals surface area contributed by atoms with E-state index in [4.69, 9.17) is 18.9 Å². The van der Waals surface area contributed by atoms with Crippen LogP contribution >= 0.6 is 0 Å². The molecule has 6 rings (SSSR count). The number of rotatable bonds is 4. The van der Waals surface area contributed by atoms with E-state index in [1.54, 1.807) is 15.4 Å². The zero-order valence-electron chi connectivity index (χ0n) is 20.4. The van der Waals surface area contributed by atoms with Gasteiger partial charge in [0.15, 0.2) is 28.6 Å². The van der Waals surface area contributed by atoms with Gasteiger partial charge in [0.25, 0.3) is 5.56 Å². The normalized spacial score (nSPS) is 27.2. The molecule has 13 heteroatoms. The fourth-order valence-electron chi connectivity index (χ4n) is 5.25. The van der Waals surface area contributed by atoms with Gasteiger partial charge >= 0.3 is 5.69 Å². The maximum atomic E-state index is 12.7. The number of ether oxygens (including phenoxy) is 4. The van der Waals surface area contributed by atoms with Crippen molar-refractivity contribution in [3.8, 4) is 11.5 Å². The monoisotopic (exact) mass is 487 g/mol. The number of nitrogens with zero attached hydrogens (tertiary/aromatic N) is 7. The number of aromatic nitrogens is 7. The second-order valence-corrected chi connectivity index (χ2v) is 10.2. The summed E-state index contributed by atoms with van der Waals surface area (Å²) >= 11 is 0. The molecule has 0 saturated carbocycles. The van der Waals surface area contributed by atoms with Crippen molar-refractivity contribution in [3.05, 3.63) is 27.0 Å². The highest BCUT2D eigenvalue weighted by molar-refractivity contribution is 5.76. The topological polar surface area (TPSA) is 129 Å². The highest BCUT2D eigenvalue weighted by Crippen LogP contribution is 2.36. The van der Waals surface area contributed by atoms with Crippen LogP contribution in [0.25, 0.3) is 22.7 Å². The summed E-state index contributed by atoms with van der Waals surface area (Å²) in [6.45, 7) is 9.46. The van der Waals surface area contributed by atoms with Gasteiger partial charge in [-0.1, -0.05) is 5.21 Å². The van der Waals surface area contributed by atoms with Crippen LogP contribution in [0, 0.1) is 0 Å². The van der Waals surface area contributed by atoms with Crippen LogP contribution in [-0.2, 0) is 45.6 Å². The molecule has 0 aromatic carbocycles. The molecule has 3 aliphatic rings. The van der Waals surface area contributed by atoms with Crippen molar-refractivity contribution >= 4 is 11.2 Å². The van der Waals surface area contributed by atoms with Crippen LogP contribution in [0.1, 0.15) is 34.1 Å². The summed E-state index contributed by atoms with van der Waals surface area (Å²) in [6, 6.07) is 0. The van der Waals surface area contributed by atoms with Crippen molar-refractivity contribution in [1.82, 2.24) is 33.7 Å². The minimum Gasteiger partial charge on any atom is -0.348 e. The predicted molar refractivity (Wildman–Crippen MR) is 122 cm³/mol. The van der Waals surface area contributed by atoms with Gasteiger partial charge in [-0.2, -0.15) is 0 Å².